The van der Waals surface area contributed by atoms with E-state index in [9.17, 15) is 13.6 Å². The van der Waals surface area contributed by atoms with Gasteiger partial charge in [-0.3, -0.25) is 9.69 Å². The highest BCUT2D eigenvalue weighted by Crippen LogP contribution is 2.20. The Morgan fingerprint density at radius 1 is 1.40 bits per heavy atom. The highest BCUT2D eigenvalue weighted by Gasteiger charge is 2.26. The fourth-order valence-electron chi connectivity index (χ4n) is 2.24. The van der Waals surface area contributed by atoms with Gasteiger partial charge < -0.3 is 5.32 Å². The predicted octanol–water partition coefficient (Wildman–Crippen LogP) is 2.18. The number of carbonyl (C=O) groups is 1. The molecular formula is C14H15F2N3O. The third-order valence-corrected chi connectivity index (χ3v) is 3.29. The Labute approximate surface area is 116 Å². The Bertz CT molecular complexity index is 513. The van der Waals surface area contributed by atoms with Crippen molar-refractivity contribution in [1.29, 1.82) is 5.26 Å². The smallest absolute Gasteiger partial charge is 0.155 e. The first-order valence-electron chi connectivity index (χ1n) is 6.44. The van der Waals surface area contributed by atoms with Crippen molar-refractivity contribution < 1.29 is 13.6 Å². The number of unbranched alkanes of at least 4 members (excludes halogenated alkanes) is 1. The average molecular weight is 279 g/mol. The molecular weight excluding hydrogens is 264 g/mol. The average Bonchev–Trinajstić information content (AvgIpc) is 2.35. The molecule has 4 nitrogen and oxygen atoms in total. The highest BCUT2D eigenvalue weighted by molar-refractivity contribution is 5.76. The number of carbonyl (C=O) groups excluding carboxylic acids is 1. The Morgan fingerprint density at radius 2 is 2.05 bits per heavy atom. The Morgan fingerprint density at radius 3 is 2.60 bits per heavy atom. The van der Waals surface area contributed by atoms with Crippen LogP contribution in [0.1, 0.15) is 23.2 Å². The molecule has 2 rings (SSSR count). The third-order valence-electron chi connectivity index (χ3n) is 3.29. The van der Waals surface area contributed by atoms with Crippen molar-refractivity contribution in [1.82, 2.24) is 4.90 Å². The maximum atomic E-state index is 13.4. The lowest BCUT2D eigenvalue weighted by Crippen LogP contribution is -2.54. The molecule has 0 unspecified atom stereocenters. The van der Waals surface area contributed by atoms with Gasteiger partial charge in [-0.1, -0.05) is 0 Å². The van der Waals surface area contributed by atoms with Crippen LogP contribution >= 0.6 is 0 Å². The van der Waals surface area contributed by atoms with Gasteiger partial charge in [0.15, 0.2) is 6.29 Å². The summed E-state index contributed by atoms with van der Waals surface area (Å²) in [6.07, 6.45) is 1.55. The minimum Gasteiger partial charge on any atom is -0.380 e. The van der Waals surface area contributed by atoms with Gasteiger partial charge in [0.2, 0.25) is 0 Å². The standard InChI is InChI=1S/C14H15F2N3O/c15-13-5-10(6-14(16)12(13)9-20)18-11-7-19(8-11)4-2-1-3-17/h5-6,9,11,18H,1-2,4,7-8H2. The van der Waals surface area contributed by atoms with Crippen molar-refractivity contribution in [3.05, 3.63) is 29.3 Å². The number of benzene rings is 1. The Hall–Kier alpha value is -2.00. The van der Waals surface area contributed by atoms with Crippen molar-refractivity contribution >= 4 is 12.0 Å². The van der Waals surface area contributed by atoms with Crippen molar-refractivity contribution in [3.8, 4) is 6.07 Å². The van der Waals surface area contributed by atoms with Crippen LogP contribution in [0.25, 0.3) is 0 Å². The zero-order valence-electron chi connectivity index (χ0n) is 10.9. The van der Waals surface area contributed by atoms with Crippen LogP contribution in [0.15, 0.2) is 12.1 Å². The van der Waals surface area contributed by atoms with Gasteiger partial charge >= 0.3 is 0 Å². The molecule has 1 aliphatic heterocycles. The molecule has 1 aromatic rings. The number of nitrogens with one attached hydrogen (secondary N) is 1. The van der Waals surface area contributed by atoms with Gasteiger partial charge in [-0.25, -0.2) is 8.78 Å². The van der Waals surface area contributed by atoms with E-state index in [1.54, 1.807) is 0 Å². The molecule has 0 bridgehead atoms. The minimum atomic E-state index is -0.854. The molecule has 1 aliphatic rings. The molecule has 1 fully saturated rings. The summed E-state index contributed by atoms with van der Waals surface area (Å²) in [6, 6.07) is 4.49. The zero-order valence-corrected chi connectivity index (χ0v) is 10.9. The summed E-state index contributed by atoms with van der Waals surface area (Å²) in [6.45, 7) is 2.42. The Kier molecular flexibility index (Phi) is 4.64. The van der Waals surface area contributed by atoms with Gasteiger partial charge in [0.1, 0.15) is 11.6 Å². The first kappa shape index (κ1) is 14.4. The number of halogens is 2. The van der Waals surface area contributed by atoms with E-state index in [0.717, 1.165) is 38.2 Å². The highest BCUT2D eigenvalue weighted by atomic mass is 19.1. The molecule has 0 atom stereocenters. The van der Waals surface area contributed by atoms with Gasteiger partial charge in [-0.15, -0.1) is 0 Å². The van der Waals surface area contributed by atoms with Crippen LogP contribution in [0.2, 0.25) is 0 Å². The molecule has 6 heteroatoms. The van der Waals surface area contributed by atoms with Gasteiger partial charge in [0, 0.05) is 25.2 Å². The van der Waals surface area contributed by atoms with E-state index >= 15 is 0 Å². The molecule has 0 radical (unpaired) electrons. The van der Waals surface area contributed by atoms with Crippen LogP contribution in [0, 0.1) is 23.0 Å². The van der Waals surface area contributed by atoms with Gasteiger partial charge in [0.05, 0.1) is 17.7 Å². The topological polar surface area (TPSA) is 56.1 Å². The number of nitriles is 1. The fraction of sp³-hybridized carbons (Fsp3) is 0.429. The van der Waals surface area contributed by atoms with Crippen LogP contribution in [-0.2, 0) is 0 Å². The lowest BCUT2D eigenvalue weighted by molar-refractivity contribution is 0.111. The van der Waals surface area contributed by atoms with Crippen molar-refractivity contribution in [2.24, 2.45) is 0 Å². The van der Waals surface area contributed by atoms with E-state index in [-0.39, 0.29) is 12.3 Å². The molecule has 106 valence electrons. The summed E-state index contributed by atoms with van der Waals surface area (Å²) >= 11 is 0. The largest absolute Gasteiger partial charge is 0.380 e. The summed E-state index contributed by atoms with van der Waals surface area (Å²) < 4.78 is 26.8. The summed E-state index contributed by atoms with van der Waals surface area (Å²) in [4.78, 5) is 12.7. The maximum absolute atomic E-state index is 13.4. The maximum Gasteiger partial charge on any atom is 0.155 e. The lowest BCUT2D eigenvalue weighted by Gasteiger charge is -2.40. The van der Waals surface area contributed by atoms with Crippen LogP contribution in [0.4, 0.5) is 14.5 Å². The third kappa shape index (κ3) is 3.31. The van der Waals surface area contributed by atoms with Crippen LogP contribution in [0.5, 0.6) is 0 Å². The van der Waals surface area contributed by atoms with E-state index in [0.29, 0.717) is 12.1 Å². The van der Waals surface area contributed by atoms with E-state index < -0.39 is 17.2 Å². The molecule has 1 N–H and O–H groups in total. The first-order chi connectivity index (χ1) is 9.63. The molecule has 20 heavy (non-hydrogen) atoms. The number of rotatable bonds is 6. The van der Waals surface area contributed by atoms with E-state index in [1.807, 2.05) is 0 Å². The lowest BCUT2D eigenvalue weighted by atomic mass is 10.1. The molecule has 1 saturated heterocycles. The van der Waals surface area contributed by atoms with Crippen molar-refractivity contribution in [3.63, 3.8) is 0 Å². The van der Waals surface area contributed by atoms with E-state index in [2.05, 4.69) is 16.3 Å². The predicted molar refractivity (Wildman–Crippen MR) is 70.4 cm³/mol. The SMILES string of the molecule is N#CCCCN1CC(Nc2cc(F)c(C=O)c(F)c2)C1. The molecule has 1 aromatic carbocycles. The number of hydrogen-bond acceptors (Lipinski definition) is 4. The molecule has 1 heterocycles. The molecule has 0 amide bonds. The molecule has 0 saturated carbocycles. The van der Waals surface area contributed by atoms with Crippen LogP contribution in [0.3, 0.4) is 0 Å². The number of nitrogens with zero attached hydrogens (tertiary/aromatic N) is 2. The second-order valence-corrected chi connectivity index (χ2v) is 4.83. The fourth-order valence-corrected chi connectivity index (χ4v) is 2.24. The van der Waals surface area contributed by atoms with Crippen molar-refractivity contribution in [2.45, 2.75) is 18.9 Å². The monoisotopic (exact) mass is 279 g/mol. The second-order valence-electron chi connectivity index (χ2n) is 4.83. The van der Waals surface area contributed by atoms with Crippen LogP contribution < -0.4 is 5.32 Å². The summed E-state index contributed by atoms with van der Waals surface area (Å²) in [7, 11) is 0. The molecule has 0 aliphatic carbocycles. The number of aldehydes is 1. The second kappa shape index (κ2) is 6.44. The zero-order chi connectivity index (χ0) is 14.5. The summed E-state index contributed by atoms with van der Waals surface area (Å²) in [5.74, 6) is -1.71. The van der Waals surface area contributed by atoms with Crippen molar-refractivity contribution in [2.75, 3.05) is 25.0 Å². The van der Waals surface area contributed by atoms with E-state index in [1.165, 1.54) is 0 Å². The quantitative estimate of drug-likeness (QED) is 0.640. The van der Waals surface area contributed by atoms with E-state index in [4.69, 9.17) is 5.26 Å². The number of hydrogen-bond donors (Lipinski definition) is 1. The Balaban J connectivity index is 1.84. The van der Waals surface area contributed by atoms with Gasteiger partial charge in [0.25, 0.3) is 0 Å². The number of anilines is 1. The first-order valence-corrected chi connectivity index (χ1v) is 6.44. The van der Waals surface area contributed by atoms with Crippen LogP contribution in [-0.4, -0.2) is 36.9 Å². The minimum absolute atomic E-state index is 0.137. The normalized spacial score (nSPS) is 15.4. The molecule has 0 spiro atoms. The van der Waals surface area contributed by atoms with Gasteiger partial charge in [-0.2, -0.15) is 5.26 Å². The summed E-state index contributed by atoms with van der Waals surface area (Å²) in [5, 5.41) is 11.5. The number of likely N-dealkylation sites (tertiary alicyclic amines) is 1. The van der Waals surface area contributed by atoms with Gasteiger partial charge in [-0.05, 0) is 25.1 Å². The summed E-state index contributed by atoms with van der Waals surface area (Å²) in [5.41, 5.74) is -0.199. The molecule has 0 aromatic heterocycles.